The van der Waals surface area contributed by atoms with Crippen LogP contribution in [0.1, 0.15) is 66.7 Å². The molecule has 2 saturated heterocycles. The standard InChI is InChI=1S/C26H26O5/c1-3-4-13-20-22-26(31-22,24(28)30-20)25(23(27)29-2)14-19-15-9-5-7-11-17(15)21(25)18-12-8-6-10-16(18)19/h5-12,19-22H,3-4,13-14H2,1-2H3/t19?,20-,21?,22+,25+,26+/m1/s1. The van der Waals surface area contributed by atoms with E-state index in [4.69, 9.17) is 14.2 Å². The van der Waals surface area contributed by atoms with Gasteiger partial charge in [-0.15, -0.1) is 0 Å². The normalized spacial score (nSPS) is 36.3. The SMILES string of the molecule is CCCC[C@H]1OC(=O)[C@@]2([C@@]3(C(=O)OC)CC4c5ccccc5C3c3ccccc34)O[C@@H]12. The maximum Gasteiger partial charge on any atom is 0.342 e. The Morgan fingerprint density at radius 3 is 2.23 bits per heavy atom. The van der Waals surface area contributed by atoms with Gasteiger partial charge in [0.25, 0.3) is 0 Å². The number of esters is 2. The predicted octanol–water partition coefficient (Wildman–Crippen LogP) is 4.08. The summed E-state index contributed by atoms with van der Waals surface area (Å²) in [5, 5.41) is 0. The summed E-state index contributed by atoms with van der Waals surface area (Å²) >= 11 is 0. The van der Waals surface area contributed by atoms with Crippen molar-refractivity contribution >= 4 is 11.9 Å². The molecule has 160 valence electrons. The Bertz CT molecular complexity index is 1050. The summed E-state index contributed by atoms with van der Waals surface area (Å²) in [6, 6.07) is 16.6. The van der Waals surface area contributed by atoms with Crippen molar-refractivity contribution in [3.63, 3.8) is 0 Å². The number of carbonyl (C=O) groups is 2. The fourth-order valence-corrected chi connectivity index (χ4v) is 6.72. The minimum absolute atomic E-state index is 0.0122. The van der Waals surface area contributed by atoms with Crippen molar-refractivity contribution in [3.05, 3.63) is 70.8 Å². The van der Waals surface area contributed by atoms with Crippen LogP contribution in [0.15, 0.2) is 48.5 Å². The number of methoxy groups -OCH3 is 1. The number of carbonyl (C=O) groups excluding carboxylic acids is 2. The molecule has 0 saturated carbocycles. The lowest BCUT2D eigenvalue weighted by atomic mass is 9.47. The quantitative estimate of drug-likeness (QED) is 0.541. The van der Waals surface area contributed by atoms with Crippen LogP contribution in [0.4, 0.5) is 0 Å². The average Bonchev–Trinajstić information content (AvgIpc) is 3.52. The molecule has 5 nitrogen and oxygen atoms in total. The molecule has 2 fully saturated rings. The van der Waals surface area contributed by atoms with Crippen molar-refractivity contribution < 1.29 is 23.8 Å². The number of ether oxygens (including phenoxy) is 3. The third-order valence-corrected chi connectivity index (χ3v) is 7.99. The van der Waals surface area contributed by atoms with Crippen LogP contribution < -0.4 is 0 Å². The summed E-state index contributed by atoms with van der Waals surface area (Å²) in [5.74, 6) is -1.06. The molecule has 7 rings (SSSR count). The highest BCUT2D eigenvalue weighted by Gasteiger charge is 2.86. The first kappa shape index (κ1) is 19.1. The highest BCUT2D eigenvalue weighted by Crippen LogP contribution is 2.72. The highest BCUT2D eigenvalue weighted by molar-refractivity contribution is 5.98. The lowest BCUT2D eigenvalue weighted by Crippen LogP contribution is -2.58. The molecule has 0 aromatic heterocycles. The fourth-order valence-electron chi connectivity index (χ4n) is 6.72. The molecule has 31 heavy (non-hydrogen) atoms. The lowest BCUT2D eigenvalue weighted by molar-refractivity contribution is -0.174. The van der Waals surface area contributed by atoms with Crippen molar-refractivity contribution in [1.29, 1.82) is 0 Å². The summed E-state index contributed by atoms with van der Waals surface area (Å²) in [6.45, 7) is 2.11. The van der Waals surface area contributed by atoms with Gasteiger partial charge in [0.05, 0.1) is 7.11 Å². The van der Waals surface area contributed by atoms with Gasteiger partial charge in [0.1, 0.15) is 17.6 Å². The van der Waals surface area contributed by atoms with Crippen LogP contribution in [0.5, 0.6) is 0 Å². The Morgan fingerprint density at radius 2 is 1.68 bits per heavy atom. The van der Waals surface area contributed by atoms with E-state index in [1.807, 2.05) is 24.3 Å². The number of cyclic esters (lactones) is 1. The van der Waals surface area contributed by atoms with Gasteiger partial charge in [-0.1, -0.05) is 61.9 Å². The fraction of sp³-hybridized carbons (Fsp3) is 0.462. The van der Waals surface area contributed by atoms with Crippen LogP contribution in [0, 0.1) is 5.41 Å². The Labute approximate surface area is 181 Å². The Hall–Kier alpha value is -2.66. The topological polar surface area (TPSA) is 65.1 Å². The van der Waals surface area contributed by atoms with Gasteiger partial charge >= 0.3 is 11.9 Å². The number of fused-ring (bicyclic) bond motifs is 3. The van der Waals surface area contributed by atoms with Gasteiger partial charge in [-0.2, -0.15) is 0 Å². The number of hydrogen-bond donors (Lipinski definition) is 0. The molecule has 2 aromatic rings. The lowest BCUT2D eigenvalue weighted by Gasteiger charge is -2.52. The maximum absolute atomic E-state index is 13.7. The van der Waals surface area contributed by atoms with E-state index in [-0.39, 0.29) is 30.0 Å². The molecule has 2 aromatic carbocycles. The van der Waals surface area contributed by atoms with Crippen molar-refractivity contribution in [1.82, 2.24) is 0 Å². The van der Waals surface area contributed by atoms with E-state index < -0.39 is 17.0 Å². The predicted molar refractivity (Wildman–Crippen MR) is 113 cm³/mol. The molecule has 4 atom stereocenters. The molecule has 3 aliphatic carbocycles. The molecular weight excluding hydrogens is 392 g/mol. The summed E-state index contributed by atoms with van der Waals surface area (Å²) in [7, 11) is 1.41. The van der Waals surface area contributed by atoms with E-state index in [1.54, 1.807) is 0 Å². The van der Waals surface area contributed by atoms with Crippen LogP contribution in [-0.2, 0) is 23.8 Å². The Kier molecular flexibility index (Phi) is 3.95. The zero-order valence-corrected chi connectivity index (χ0v) is 17.8. The maximum atomic E-state index is 13.7. The Morgan fingerprint density at radius 1 is 1.06 bits per heavy atom. The first-order valence-electron chi connectivity index (χ1n) is 11.2. The average molecular weight is 418 g/mol. The highest BCUT2D eigenvalue weighted by atomic mass is 16.7. The largest absolute Gasteiger partial charge is 0.468 e. The van der Waals surface area contributed by atoms with Crippen molar-refractivity contribution in [2.45, 2.75) is 62.3 Å². The Balaban J connectivity index is 1.56. The van der Waals surface area contributed by atoms with Gasteiger partial charge in [0.15, 0.2) is 0 Å². The summed E-state index contributed by atoms with van der Waals surface area (Å²) < 4.78 is 17.5. The number of epoxide rings is 1. The molecule has 5 heteroatoms. The monoisotopic (exact) mass is 418 g/mol. The van der Waals surface area contributed by atoms with E-state index in [0.717, 1.165) is 30.4 Å². The van der Waals surface area contributed by atoms with Gasteiger partial charge in [-0.05, 0) is 41.5 Å². The molecule has 5 aliphatic rings. The molecule has 2 aliphatic heterocycles. The second kappa shape index (κ2) is 6.42. The number of unbranched alkanes of at least 4 members (excludes halogenated alkanes) is 1. The van der Waals surface area contributed by atoms with E-state index in [0.29, 0.717) is 6.42 Å². The van der Waals surface area contributed by atoms with Crippen LogP contribution in [-0.4, -0.2) is 36.9 Å². The van der Waals surface area contributed by atoms with Gasteiger partial charge < -0.3 is 14.2 Å². The summed E-state index contributed by atoms with van der Waals surface area (Å²) in [6.07, 6.45) is 2.54. The number of benzene rings is 2. The van der Waals surface area contributed by atoms with Gasteiger partial charge in [0.2, 0.25) is 5.60 Å². The van der Waals surface area contributed by atoms with Crippen molar-refractivity contribution in [2.24, 2.45) is 5.41 Å². The second-order valence-electron chi connectivity index (χ2n) is 9.27. The molecule has 0 unspecified atom stereocenters. The van der Waals surface area contributed by atoms with Crippen molar-refractivity contribution in [3.8, 4) is 0 Å². The number of rotatable bonds is 5. The van der Waals surface area contributed by atoms with Crippen LogP contribution in [0.3, 0.4) is 0 Å². The second-order valence-corrected chi connectivity index (χ2v) is 9.27. The zero-order chi connectivity index (χ0) is 21.4. The van der Waals surface area contributed by atoms with E-state index in [2.05, 4.69) is 31.2 Å². The zero-order valence-electron chi connectivity index (χ0n) is 17.8. The first-order chi connectivity index (χ1) is 15.1. The minimum Gasteiger partial charge on any atom is -0.468 e. The number of hydrogen-bond acceptors (Lipinski definition) is 5. The molecule has 2 bridgehead atoms. The smallest absolute Gasteiger partial charge is 0.342 e. The molecule has 0 N–H and O–H groups in total. The van der Waals surface area contributed by atoms with Gasteiger partial charge in [-0.3, -0.25) is 4.79 Å². The van der Waals surface area contributed by atoms with E-state index in [9.17, 15) is 9.59 Å². The summed E-state index contributed by atoms with van der Waals surface area (Å²) in [4.78, 5) is 27.1. The van der Waals surface area contributed by atoms with Crippen molar-refractivity contribution in [2.75, 3.05) is 7.11 Å². The molecule has 0 spiro atoms. The minimum atomic E-state index is -1.26. The third kappa shape index (κ3) is 2.15. The molecule has 2 heterocycles. The molecular formula is C26H26O5. The van der Waals surface area contributed by atoms with Crippen LogP contribution in [0.2, 0.25) is 0 Å². The molecule has 0 amide bonds. The van der Waals surface area contributed by atoms with E-state index in [1.165, 1.54) is 18.2 Å². The summed E-state index contributed by atoms with van der Waals surface area (Å²) in [5.41, 5.74) is 2.26. The van der Waals surface area contributed by atoms with Gasteiger partial charge in [-0.25, -0.2) is 4.79 Å². The first-order valence-corrected chi connectivity index (χ1v) is 11.2. The van der Waals surface area contributed by atoms with Crippen LogP contribution >= 0.6 is 0 Å². The van der Waals surface area contributed by atoms with Gasteiger partial charge in [0, 0.05) is 11.8 Å². The van der Waals surface area contributed by atoms with E-state index >= 15 is 0 Å². The third-order valence-electron chi connectivity index (χ3n) is 7.99. The van der Waals surface area contributed by atoms with Crippen LogP contribution in [0.25, 0.3) is 0 Å². The molecule has 0 radical (unpaired) electrons.